The number of carbonyl (C=O) groups excluding carboxylic acids is 1. The Balaban J connectivity index is 2.52. The third-order valence-electron chi connectivity index (χ3n) is 2.74. The molecule has 0 bridgehead atoms. The van der Waals surface area contributed by atoms with Crippen LogP contribution in [0.4, 0.5) is 0 Å². The Hall–Kier alpha value is -1.82. The molecule has 1 unspecified atom stereocenters. The lowest BCUT2D eigenvalue weighted by Gasteiger charge is -2.15. The fraction of sp³-hybridized carbons (Fsp3) is 0.0769. The van der Waals surface area contributed by atoms with Crippen molar-refractivity contribution in [1.29, 1.82) is 0 Å². The Kier molecular flexibility index (Phi) is 4.13. The number of benzene rings is 1. The minimum atomic E-state index is -1.26. The number of amides is 1. The number of hydrogen-bond acceptors (Lipinski definition) is 4. The van der Waals surface area contributed by atoms with E-state index in [-0.39, 0.29) is 27.1 Å². The normalized spacial score (nSPS) is 12.2. The summed E-state index contributed by atoms with van der Waals surface area (Å²) in [5.74, 6) is -0.926. The Morgan fingerprint density at radius 2 is 2.00 bits per heavy atom. The van der Waals surface area contributed by atoms with Gasteiger partial charge in [0.25, 0.3) is 5.91 Å². The van der Waals surface area contributed by atoms with Gasteiger partial charge in [-0.3, -0.25) is 9.78 Å². The van der Waals surface area contributed by atoms with Crippen molar-refractivity contribution in [3.05, 3.63) is 57.3 Å². The summed E-state index contributed by atoms with van der Waals surface area (Å²) >= 11 is 11.8. The van der Waals surface area contributed by atoms with Gasteiger partial charge in [-0.1, -0.05) is 23.2 Å². The first kappa shape index (κ1) is 14.6. The zero-order chi connectivity index (χ0) is 14.9. The van der Waals surface area contributed by atoms with Crippen LogP contribution in [0.15, 0.2) is 30.5 Å². The molecule has 5 nitrogen and oxygen atoms in total. The lowest BCUT2D eigenvalue weighted by molar-refractivity contribution is 0.0995. The molecular formula is C13H10Cl2N2O3. The summed E-state index contributed by atoms with van der Waals surface area (Å²) in [5, 5.41) is 20.4. The zero-order valence-electron chi connectivity index (χ0n) is 10.0. The van der Waals surface area contributed by atoms with E-state index >= 15 is 0 Å². The molecule has 4 N–H and O–H groups in total. The van der Waals surface area contributed by atoms with Crippen LogP contribution in [0.5, 0.6) is 5.75 Å². The quantitative estimate of drug-likeness (QED) is 0.810. The van der Waals surface area contributed by atoms with E-state index in [1.807, 2.05) is 0 Å². The minimum Gasteiger partial charge on any atom is -0.508 e. The van der Waals surface area contributed by atoms with E-state index in [4.69, 9.17) is 28.9 Å². The van der Waals surface area contributed by atoms with Crippen LogP contribution in [0.2, 0.25) is 10.0 Å². The standard InChI is InChI=1S/C13H10Cl2N2O3/c14-7-1-2-9(18)10(11(7)15)12(19)6-3-4-17-8(5-6)13(16)20/h1-5,12,18-19H,(H2,16,20). The van der Waals surface area contributed by atoms with Crippen molar-refractivity contribution in [3.63, 3.8) is 0 Å². The predicted molar refractivity (Wildman–Crippen MR) is 74.9 cm³/mol. The topological polar surface area (TPSA) is 96.4 Å². The zero-order valence-corrected chi connectivity index (χ0v) is 11.6. The molecule has 1 aromatic carbocycles. The van der Waals surface area contributed by atoms with Crippen LogP contribution in [-0.4, -0.2) is 21.1 Å². The molecular weight excluding hydrogens is 303 g/mol. The number of hydrogen-bond donors (Lipinski definition) is 3. The lowest BCUT2D eigenvalue weighted by Crippen LogP contribution is -2.14. The molecule has 7 heteroatoms. The molecule has 0 fully saturated rings. The number of rotatable bonds is 3. The van der Waals surface area contributed by atoms with Crippen molar-refractivity contribution >= 4 is 29.1 Å². The van der Waals surface area contributed by atoms with Gasteiger partial charge in [-0.25, -0.2) is 0 Å². The second-order valence-electron chi connectivity index (χ2n) is 4.04. The van der Waals surface area contributed by atoms with Gasteiger partial charge in [-0.05, 0) is 29.8 Å². The van der Waals surface area contributed by atoms with Gasteiger partial charge < -0.3 is 15.9 Å². The highest BCUT2D eigenvalue weighted by molar-refractivity contribution is 6.42. The Morgan fingerprint density at radius 3 is 2.65 bits per heavy atom. The van der Waals surface area contributed by atoms with Crippen LogP contribution >= 0.6 is 23.2 Å². The summed E-state index contributed by atoms with van der Waals surface area (Å²) in [6.07, 6.45) is 0.0658. The van der Waals surface area contributed by atoms with Crippen molar-refractivity contribution in [2.24, 2.45) is 5.73 Å². The van der Waals surface area contributed by atoms with E-state index in [9.17, 15) is 15.0 Å². The second kappa shape index (κ2) is 5.66. The highest BCUT2D eigenvalue weighted by atomic mass is 35.5. The second-order valence-corrected chi connectivity index (χ2v) is 4.82. The minimum absolute atomic E-state index is 0.000750. The maximum atomic E-state index is 11.1. The first-order valence-electron chi connectivity index (χ1n) is 5.52. The van der Waals surface area contributed by atoms with E-state index in [1.165, 1.54) is 30.5 Å². The molecule has 1 aromatic heterocycles. The smallest absolute Gasteiger partial charge is 0.267 e. The molecule has 1 heterocycles. The van der Waals surface area contributed by atoms with E-state index in [2.05, 4.69) is 4.98 Å². The van der Waals surface area contributed by atoms with Crippen LogP contribution in [0, 0.1) is 0 Å². The summed E-state index contributed by atoms with van der Waals surface area (Å²) < 4.78 is 0. The highest BCUT2D eigenvalue weighted by Crippen LogP contribution is 2.39. The van der Waals surface area contributed by atoms with Crippen LogP contribution in [-0.2, 0) is 0 Å². The number of nitrogens with zero attached hydrogens (tertiary/aromatic N) is 1. The van der Waals surface area contributed by atoms with Crippen LogP contribution in [0.1, 0.15) is 27.7 Å². The van der Waals surface area contributed by atoms with Gasteiger partial charge in [0.05, 0.1) is 10.0 Å². The molecule has 0 radical (unpaired) electrons. The first-order valence-corrected chi connectivity index (χ1v) is 6.28. The molecule has 0 saturated heterocycles. The van der Waals surface area contributed by atoms with Crippen LogP contribution in [0.25, 0.3) is 0 Å². The number of phenols is 1. The van der Waals surface area contributed by atoms with E-state index in [1.54, 1.807) is 0 Å². The van der Waals surface area contributed by atoms with Crippen molar-refractivity contribution in [2.45, 2.75) is 6.10 Å². The Bertz CT molecular complexity index is 677. The number of aromatic hydroxyl groups is 1. The fourth-order valence-corrected chi connectivity index (χ4v) is 2.16. The average molecular weight is 313 g/mol. The fourth-order valence-electron chi connectivity index (χ4n) is 1.73. The summed E-state index contributed by atoms with van der Waals surface area (Å²) in [5.41, 5.74) is 5.49. The number of primary amides is 1. The monoisotopic (exact) mass is 312 g/mol. The number of nitrogens with two attached hydrogens (primary N) is 1. The van der Waals surface area contributed by atoms with Gasteiger partial charge in [0, 0.05) is 11.8 Å². The van der Waals surface area contributed by atoms with Crippen molar-refractivity contribution in [2.75, 3.05) is 0 Å². The summed E-state index contributed by atoms with van der Waals surface area (Å²) in [7, 11) is 0. The largest absolute Gasteiger partial charge is 0.508 e. The number of carbonyl (C=O) groups is 1. The van der Waals surface area contributed by atoms with E-state index in [0.717, 1.165) is 0 Å². The number of aromatic nitrogens is 1. The Labute approximate surface area is 124 Å². The highest BCUT2D eigenvalue weighted by Gasteiger charge is 2.21. The van der Waals surface area contributed by atoms with Crippen molar-refractivity contribution in [1.82, 2.24) is 4.98 Å². The molecule has 20 heavy (non-hydrogen) atoms. The third kappa shape index (κ3) is 2.70. The molecule has 0 aliphatic heterocycles. The predicted octanol–water partition coefficient (Wildman–Crippen LogP) is 2.27. The number of pyridine rings is 1. The molecule has 0 spiro atoms. The molecule has 0 saturated carbocycles. The third-order valence-corrected chi connectivity index (χ3v) is 3.55. The van der Waals surface area contributed by atoms with Crippen LogP contribution < -0.4 is 5.73 Å². The van der Waals surface area contributed by atoms with Gasteiger partial charge in [-0.15, -0.1) is 0 Å². The SMILES string of the molecule is NC(=O)c1cc(C(O)c2c(O)ccc(Cl)c2Cl)ccn1. The van der Waals surface area contributed by atoms with Gasteiger partial charge in [-0.2, -0.15) is 0 Å². The first-order chi connectivity index (χ1) is 9.41. The van der Waals surface area contributed by atoms with Crippen LogP contribution in [0.3, 0.4) is 0 Å². The van der Waals surface area contributed by atoms with Gasteiger partial charge >= 0.3 is 0 Å². The number of aliphatic hydroxyl groups is 1. The molecule has 2 rings (SSSR count). The van der Waals surface area contributed by atoms with Crippen molar-refractivity contribution < 1.29 is 15.0 Å². The molecule has 0 aliphatic carbocycles. The molecule has 1 amide bonds. The number of phenolic OH excluding ortho intramolecular Hbond substituents is 1. The average Bonchev–Trinajstić information content (AvgIpc) is 2.43. The van der Waals surface area contributed by atoms with Gasteiger partial charge in [0.15, 0.2) is 0 Å². The van der Waals surface area contributed by atoms with E-state index in [0.29, 0.717) is 5.56 Å². The Morgan fingerprint density at radius 1 is 1.30 bits per heavy atom. The lowest BCUT2D eigenvalue weighted by atomic mass is 10.0. The molecule has 1 atom stereocenters. The van der Waals surface area contributed by atoms with E-state index < -0.39 is 12.0 Å². The molecule has 2 aromatic rings. The summed E-state index contributed by atoms with van der Waals surface area (Å²) in [6, 6.07) is 5.54. The summed E-state index contributed by atoms with van der Waals surface area (Å²) in [4.78, 5) is 14.9. The molecule has 0 aliphatic rings. The maximum Gasteiger partial charge on any atom is 0.267 e. The van der Waals surface area contributed by atoms with Gasteiger partial charge in [0.2, 0.25) is 0 Å². The van der Waals surface area contributed by atoms with Gasteiger partial charge in [0.1, 0.15) is 17.5 Å². The number of aliphatic hydroxyl groups excluding tert-OH is 1. The summed E-state index contributed by atoms with van der Waals surface area (Å²) in [6.45, 7) is 0. The number of halogens is 2. The molecule has 104 valence electrons. The van der Waals surface area contributed by atoms with Crippen molar-refractivity contribution in [3.8, 4) is 5.75 Å². The maximum absolute atomic E-state index is 11.1.